The number of nitriles is 1. The van der Waals surface area contributed by atoms with Gasteiger partial charge in [-0.3, -0.25) is 4.79 Å². The van der Waals surface area contributed by atoms with Gasteiger partial charge in [-0.25, -0.2) is 9.78 Å². The Morgan fingerprint density at radius 3 is 3.04 bits per heavy atom. The summed E-state index contributed by atoms with van der Waals surface area (Å²) in [7, 11) is 1.26. The van der Waals surface area contributed by atoms with Crippen molar-refractivity contribution in [2.45, 2.75) is 0 Å². The lowest BCUT2D eigenvalue weighted by Gasteiger charge is -2.04. The number of fused-ring (bicyclic) bond motifs is 1. The normalized spacial score (nSPS) is 11.1. The van der Waals surface area contributed by atoms with E-state index in [0.29, 0.717) is 16.9 Å². The van der Waals surface area contributed by atoms with E-state index in [1.54, 1.807) is 29.9 Å². The zero-order valence-corrected chi connectivity index (χ0v) is 13.9. The smallest absolute Gasteiger partial charge is 0.350 e. The van der Waals surface area contributed by atoms with Gasteiger partial charge in [-0.2, -0.15) is 5.26 Å². The zero-order valence-electron chi connectivity index (χ0n) is 13.1. The number of anilines is 1. The molecule has 0 bridgehead atoms. The van der Waals surface area contributed by atoms with Gasteiger partial charge in [-0.15, -0.1) is 11.3 Å². The summed E-state index contributed by atoms with van der Waals surface area (Å²) in [5.41, 5.74) is 1.56. The zero-order chi connectivity index (χ0) is 17.8. The summed E-state index contributed by atoms with van der Waals surface area (Å²) in [5, 5.41) is 14.4. The first-order chi connectivity index (χ1) is 12.1. The van der Waals surface area contributed by atoms with Crippen molar-refractivity contribution in [3.8, 4) is 6.07 Å². The third kappa shape index (κ3) is 3.27. The quantitative estimate of drug-likeness (QED) is 0.426. The van der Waals surface area contributed by atoms with Crippen molar-refractivity contribution in [1.82, 2.24) is 9.97 Å². The van der Waals surface area contributed by atoms with Gasteiger partial charge in [0, 0.05) is 23.3 Å². The molecule has 0 aliphatic heterocycles. The van der Waals surface area contributed by atoms with Crippen molar-refractivity contribution < 1.29 is 14.3 Å². The monoisotopic (exact) mass is 352 g/mol. The van der Waals surface area contributed by atoms with Gasteiger partial charge < -0.3 is 15.0 Å². The Morgan fingerprint density at radius 2 is 2.28 bits per heavy atom. The number of H-pyrrole nitrogens is 1. The third-order valence-electron chi connectivity index (χ3n) is 3.43. The number of thiophene rings is 1. The molecule has 3 aromatic rings. The summed E-state index contributed by atoms with van der Waals surface area (Å²) < 4.78 is 4.67. The van der Waals surface area contributed by atoms with E-state index < -0.39 is 11.9 Å². The number of aromatic nitrogens is 2. The molecule has 0 saturated carbocycles. The molecule has 3 rings (SSSR count). The van der Waals surface area contributed by atoms with Gasteiger partial charge in [0.05, 0.1) is 12.8 Å². The summed E-state index contributed by atoms with van der Waals surface area (Å²) in [5.74, 6) is -1.15. The first-order valence-electron chi connectivity index (χ1n) is 7.15. The molecule has 8 heteroatoms. The molecule has 3 aromatic heterocycles. The fraction of sp³-hybridized carbons (Fsp3) is 0.0588. The molecule has 0 aliphatic carbocycles. The van der Waals surface area contributed by atoms with Crippen molar-refractivity contribution in [1.29, 1.82) is 5.26 Å². The number of ether oxygens (including phenoxy) is 1. The van der Waals surface area contributed by atoms with E-state index in [9.17, 15) is 14.9 Å². The topological polar surface area (TPSA) is 108 Å². The van der Waals surface area contributed by atoms with Gasteiger partial charge in [-0.1, -0.05) is 0 Å². The summed E-state index contributed by atoms with van der Waals surface area (Å²) in [6.45, 7) is 0. The Morgan fingerprint density at radius 1 is 1.44 bits per heavy atom. The first-order valence-corrected chi connectivity index (χ1v) is 8.03. The summed E-state index contributed by atoms with van der Waals surface area (Å²) >= 11 is 1.15. The SMILES string of the molecule is COC(=O)c1sccc1NC(=O)/C(C#N)=C/c1c[nH]c2ncccc12. The predicted octanol–water partition coefficient (Wildman–Crippen LogP) is 2.96. The van der Waals surface area contributed by atoms with Gasteiger partial charge in [0.15, 0.2) is 0 Å². The second-order valence-electron chi connectivity index (χ2n) is 4.92. The minimum Gasteiger partial charge on any atom is -0.465 e. The standard InChI is InChI=1S/C17H12N4O3S/c1-24-17(23)14-13(4-6-25-14)21-16(22)10(8-18)7-11-9-20-15-12(11)3-2-5-19-15/h2-7,9H,1H3,(H,19,20)(H,21,22)/b10-7+. The van der Waals surface area contributed by atoms with Crippen molar-refractivity contribution in [3.63, 3.8) is 0 Å². The largest absolute Gasteiger partial charge is 0.465 e. The van der Waals surface area contributed by atoms with Crippen molar-refractivity contribution in [3.05, 3.63) is 52.0 Å². The molecule has 0 aliphatic rings. The van der Waals surface area contributed by atoms with Crippen LogP contribution in [0.3, 0.4) is 0 Å². The van der Waals surface area contributed by atoms with E-state index in [2.05, 4.69) is 20.0 Å². The van der Waals surface area contributed by atoms with Gasteiger partial charge in [0.2, 0.25) is 0 Å². The number of hydrogen-bond donors (Lipinski definition) is 2. The number of methoxy groups -OCH3 is 1. The lowest BCUT2D eigenvalue weighted by molar-refractivity contribution is -0.112. The Kier molecular flexibility index (Phi) is 4.59. The van der Waals surface area contributed by atoms with E-state index in [4.69, 9.17) is 0 Å². The second-order valence-corrected chi connectivity index (χ2v) is 5.84. The first kappa shape index (κ1) is 16.4. The van der Waals surface area contributed by atoms with Crippen LogP contribution >= 0.6 is 11.3 Å². The van der Waals surface area contributed by atoms with Crippen molar-refractivity contribution >= 4 is 46.0 Å². The molecule has 0 unspecified atom stereocenters. The molecular formula is C17H12N4O3S. The maximum Gasteiger partial charge on any atom is 0.350 e. The molecular weight excluding hydrogens is 340 g/mol. The number of rotatable bonds is 4. The number of esters is 1. The highest BCUT2D eigenvalue weighted by molar-refractivity contribution is 7.12. The van der Waals surface area contributed by atoms with Crippen LogP contribution in [-0.2, 0) is 9.53 Å². The number of nitrogens with one attached hydrogen (secondary N) is 2. The Hall–Kier alpha value is -3.44. The summed E-state index contributed by atoms with van der Waals surface area (Å²) in [6.07, 6.45) is 4.79. The molecule has 124 valence electrons. The molecule has 0 atom stereocenters. The van der Waals surface area contributed by atoms with E-state index in [-0.39, 0.29) is 10.5 Å². The number of aromatic amines is 1. The molecule has 1 amide bonds. The van der Waals surface area contributed by atoms with Gasteiger partial charge in [-0.05, 0) is 29.7 Å². The fourth-order valence-corrected chi connectivity index (χ4v) is 3.01. The molecule has 7 nitrogen and oxygen atoms in total. The van der Waals surface area contributed by atoms with E-state index in [1.807, 2.05) is 12.1 Å². The van der Waals surface area contributed by atoms with Crippen LogP contribution in [0.5, 0.6) is 0 Å². The number of amides is 1. The van der Waals surface area contributed by atoms with Crippen LogP contribution in [0.4, 0.5) is 5.69 Å². The maximum absolute atomic E-state index is 12.4. The highest BCUT2D eigenvalue weighted by Gasteiger charge is 2.18. The van der Waals surface area contributed by atoms with E-state index >= 15 is 0 Å². The van der Waals surface area contributed by atoms with Gasteiger partial charge in [0.25, 0.3) is 5.91 Å². The van der Waals surface area contributed by atoms with E-state index in [1.165, 1.54) is 13.2 Å². The number of carbonyl (C=O) groups is 2. The van der Waals surface area contributed by atoms with Crippen LogP contribution in [0, 0.1) is 11.3 Å². The average molecular weight is 352 g/mol. The lowest BCUT2D eigenvalue weighted by atomic mass is 10.1. The molecule has 0 fully saturated rings. The van der Waals surface area contributed by atoms with Gasteiger partial charge in [0.1, 0.15) is 22.2 Å². The molecule has 25 heavy (non-hydrogen) atoms. The Labute approximate surface area is 146 Å². The predicted molar refractivity (Wildman–Crippen MR) is 94.0 cm³/mol. The average Bonchev–Trinajstić information content (AvgIpc) is 3.26. The molecule has 2 N–H and O–H groups in total. The molecule has 0 spiro atoms. The number of hydrogen-bond acceptors (Lipinski definition) is 6. The summed E-state index contributed by atoms with van der Waals surface area (Å²) in [4.78, 5) is 31.5. The minimum atomic E-state index is -0.607. The lowest BCUT2D eigenvalue weighted by Crippen LogP contribution is -2.15. The van der Waals surface area contributed by atoms with Gasteiger partial charge >= 0.3 is 5.97 Å². The highest BCUT2D eigenvalue weighted by Crippen LogP contribution is 2.24. The van der Waals surface area contributed by atoms with Crippen LogP contribution in [0.2, 0.25) is 0 Å². The van der Waals surface area contributed by atoms with Crippen LogP contribution < -0.4 is 5.32 Å². The molecule has 0 aromatic carbocycles. The van der Waals surface area contributed by atoms with Crippen LogP contribution in [0.25, 0.3) is 17.1 Å². The van der Waals surface area contributed by atoms with Crippen LogP contribution in [0.15, 0.2) is 41.5 Å². The fourth-order valence-electron chi connectivity index (χ4n) is 2.25. The minimum absolute atomic E-state index is 0.0910. The van der Waals surface area contributed by atoms with Crippen LogP contribution in [-0.4, -0.2) is 29.0 Å². The number of nitrogens with zero attached hydrogens (tertiary/aromatic N) is 2. The van der Waals surface area contributed by atoms with E-state index in [0.717, 1.165) is 16.7 Å². The third-order valence-corrected chi connectivity index (χ3v) is 4.33. The Balaban J connectivity index is 1.89. The maximum atomic E-state index is 12.4. The second kappa shape index (κ2) is 6.98. The summed E-state index contributed by atoms with van der Waals surface area (Å²) in [6, 6.07) is 7.08. The highest BCUT2D eigenvalue weighted by atomic mass is 32.1. The van der Waals surface area contributed by atoms with Crippen molar-refractivity contribution in [2.75, 3.05) is 12.4 Å². The van der Waals surface area contributed by atoms with Crippen LogP contribution in [0.1, 0.15) is 15.2 Å². The molecule has 0 saturated heterocycles. The molecule has 0 radical (unpaired) electrons. The Bertz CT molecular complexity index is 1030. The van der Waals surface area contributed by atoms with Crippen molar-refractivity contribution in [2.24, 2.45) is 0 Å². The molecule has 3 heterocycles. The number of carbonyl (C=O) groups excluding carboxylic acids is 2. The number of pyridine rings is 1.